The average Bonchev–Trinajstić information content (AvgIpc) is 3.48. The van der Waals surface area contributed by atoms with E-state index >= 15 is 4.39 Å². The lowest BCUT2D eigenvalue weighted by Gasteiger charge is -2.40. The molecular weight excluding hydrogens is 642 g/mol. The first kappa shape index (κ1) is 32.2. The van der Waals surface area contributed by atoms with Crippen LogP contribution in [0.25, 0.3) is 28.0 Å². The summed E-state index contributed by atoms with van der Waals surface area (Å²) in [5.41, 5.74) is 7.96. The molecule has 1 aliphatic carbocycles. The summed E-state index contributed by atoms with van der Waals surface area (Å²) in [6.07, 6.45) is 5.94. The van der Waals surface area contributed by atoms with E-state index < -0.39 is 11.0 Å². The summed E-state index contributed by atoms with van der Waals surface area (Å²) in [6.45, 7) is 10.6. The molecule has 0 spiro atoms. The van der Waals surface area contributed by atoms with E-state index in [1.807, 2.05) is 12.1 Å². The molecule has 9 rings (SSSR count). The van der Waals surface area contributed by atoms with Crippen LogP contribution in [0, 0.1) is 11.6 Å². The molecule has 5 aromatic rings. The van der Waals surface area contributed by atoms with Gasteiger partial charge in [-0.05, 0) is 95.1 Å². The van der Waals surface area contributed by atoms with Crippen LogP contribution in [-0.4, -0.2) is 52.6 Å². The minimum atomic E-state index is -0.994. The van der Waals surface area contributed by atoms with E-state index in [0.29, 0.717) is 37.6 Å². The number of benzene rings is 5. The zero-order chi connectivity index (χ0) is 34.7. The molecule has 260 valence electrons. The summed E-state index contributed by atoms with van der Waals surface area (Å²) < 4.78 is 49.0. The minimum absolute atomic E-state index is 0.246. The van der Waals surface area contributed by atoms with Crippen molar-refractivity contribution in [1.82, 2.24) is 0 Å². The number of hydrogen-bond donors (Lipinski definition) is 0. The lowest BCUT2D eigenvalue weighted by Crippen LogP contribution is -2.37. The second-order valence-corrected chi connectivity index (χ2v) is 14.1. The SMILES string of the molecule is CCC1(CC)c2cc(F)ccc2-c2c1c1c(c3cc(F)ccc23)OC(c2ccc(N3CCOCC3)cc2)(c2ccc(N3CCOCC3)cc2)C=C1. The Morgan fingerprint density at radius 3 is 1.76 bits per heavy atom. The molecule has 4 aliphatic rings. The smallest absolute Gasteiger partial charge is 0.178 e. The van der Waals surface area contributed by atoms with Crippen LogP contribution in [0.4, 0.5) is 20.2 Å². The van der Waals surface area contributed by atoms with E-state index in [1.165, 1.54) is 12.1 Å². The molecule has 0 atom stereocenters. The summed E-state index contributed by atoms with van der Waals surface area (Å²) >= 11 is 0. The standard InChI is InChI=1S/C44H42F2N2O3/c1-3-43(4-2)39-28-32(46)10-16-36(39)40-35-15-9-31(45)27-38(35)42-37(41(40)43)17-18-44(51-42,29-5-11-33(12-6-29)47-19-23-49-24-20-47)30-7-13-34(14-8-30)48-21-25-50-26-22-48/h5-18,27-28H,3-4,19-26H2,1-2H3. The van der Waals surface area contributed by atoms with Gasteiger partial charge in [-0.25, -0.2) is 8.78 Å². The molecule has 5 nitrogen and oxygen atoms in total. The number of halogens is 2. The highest BCUT2D eigenvalue weighted by atomic mass is 19.1. The molecule has 2 saturated heterocycles. The van der Waals surface area contributed by atoms with Gasteiger partial charge in [-0.3, -0.25) is 0 Å². The minimum Gasteiger partial charge on any atom is -0.472 e. The fourth-order valence-corrected chi connectivity index (χ4v) is 9.10. The molecule has 0 unspecified atom stereocenters. The van der Waals surface area contributed by atoms with Gasteiger partial charge in [-0.2, -0.15) is 0 Å². The molecule has 0 saturated carbocycles. The third kappa shape index (κ3) is 5.00. The quantitative estimate of drug-likeness (QED) is 0.178. The lowest BCUT2D eigenvalue weighted by atomic mass is 9.71. The normalized spacial score (nSPS) is 18.7. The number of fused-ring (bicyclic) bond motifs is 8. The molecule has 51 heavy (non-hydrogen) atoms. The average molecular weight is 685 g/mol. The number of rotatable bonds is 6. The highest BCUT2D eigenvalue weighted by Crippen LogP contribution is 2.60. The zero-order valence-corrected chi connectivity index (χ0v) is 29.2. The van der Waals surface area contributed by atoms with Crippen LogP contribution in [0.2, 0.25) is 0 Å². The molecule has 0 aromatic heterocycles. The molecule has 0 N–H and O–H groups in total. The molecule has 0 radical (unpaired) electrons. The van der Waals surface area contributed by atoms with Gasteiger partial charge >= 0.3 is 0 Å². The van der Waals surface area contributed by atoms with Crippen LogP contribution < -0.4 is 14.5 Å². The van der Waals surface area contributed by atoms with E-state index in [1.54, 1.807) is 12.1 Å². The highest BCUT2D eigenvalue weighted by molar-refractivity contribution is 6.08. The van der Waals surface area contributed by atoms with E-state index in [4.69, 9.17) is 14.2 Å². The summed E-state index contributed by atoms with van der Waals surface area (Å²) in [5, 5.41) is 1.63. The fraction of sp³-hybridized carbons (Fsp3) is 0.318. The van der Waals surface area contributed by atoms with Crippen molar-refractivity contribution in [1.29, 1.82) is 0 Å². The van der Waals surface area contributed by atoms with Crippen molar-refractivity contribution in [3.8, 4) is 16.9 Å². The predicted molar refractivity (Wildman–Crippen MR) is 200 cm³/mol. The summed E-state index contributed by atoms with van der Waals surface area (Å²) in [4.78, 5) is 4.69. The zero-order valence-electron chi connectivity index (χ0n) is 29.2. The van der Waals surface area contributed by atoms with Crippen LogP contribution in [0.3, 0.4) is 0 Å². The Hall–Kier alpha value is -4.72. The Labute approximate surface area is 298 Å². The van der Waals surface area contributed by atoms with Gasteiger partial charge < -0.3 is 24.0 Å². The topological polar surface area (TPSA) is 34.2 Å². The van der Waals surface area contributed by atoms with Gasteiger partial charge in [0.25, 0.3) is 0 Å². The van der Waals surface area contributed by atoms with Crippen LogP contribution in [-0.2, 0) is 20.5 Å². The second kappa shape index (κ2) is 12.5. The van der Waals surface area contributed by atoms with E-state index in [-0.39, 0.29) is 11.6 Å². The fourth-order valence-electron chi connectivity index (χ4n) is 9.10. The van der Waals surface area contributed by atoms with Gasteiger partial charge in [-0.15, -0.1) is 0 Å². The first-order chi connectivity index (χ1) is 25.0. The van der Waals surface area contributed by atoms with E-state index in [0.717, 1.165) is 94.7 Å². The molecule has 2 fully saturated rings. The molecular formula is C44H42F2N2O3. The van der Waals surface area contributed by atoms with Gasteiger partial charge in [-0.1, -0.05) is 56.3 Å². The maximum absolute atomic E-state index is 15.3. The second-order valence-electron chi connectivity index (χ2n) is 14.1. The van der Waals surface area contributed by atoms with Gasteiger partial charge in [0.15, 0.2) is 5.60 Å². The van der Waals surface area contributed by atoms with Crippen molar-refractivity contribution in [2.75, 3.05) is 62.4 Å². The number of ether oxygens (including phenoxy) is 3. The monoisotopic (exact) mass is 684 g/mol. The first-order valence-electron chi connectivity index (χ1n) is 18.3. The van der Waals surface area contributed by atoms with Crippen molar-refractivity contribution in [3.05, 3.63) is 130 Å². The Morgan fingerprint density at radius 1 is 0.647 bits per heavy atom. The lowest BCUT2D eigenvalue weighted by molar-refractivity contribution is 0.122. The van der Waals surface area contributed by atoms with Gasteiger partial charge in [0.1, 0.15) is 17.4 Å². The van der Waals surface area contributed by atoms with Crippen LogP contribution in [0.1, 0.15) is 54.5 Å². The summed E-state index contributed by atoms with van der Waals surface area (Å²) in [7, 11) is 0. The van der Waals surface area contributed by atoms with Crippen molar-refractivity contribution in [3.63, 3.8) is 0 Å². The van der Waals surface area contributed by atoms with E-state index in [2.05, 4.69) is 84.3 Å². The number of hydrogen-bond acceptors (Lipinski definition) is 5. The molecule has 3 heterocycles. The Kier molecular flexibility index (Phi) is 7.89. The molecule has 0 amide bonds. The molecule has 5 aromatic carbocycles. The van der Waals surface area contributed by atoms with Crippen LogP contribution >= 0.6 is 0 Å². The van der Waals surface area contributed by atoms with Gasteiger partial charge in [0.2, 0.25) is 0 Å². The molecule has 3 aliphatic heterocycles. The van der Waals surface area contributed by atoms with Gasteiger partial charge in [0, 0.05) is 65.0 Å². The number of anilines is 2. The number of morpholine rings is 2. The van der Waals surface area contributed by atoms with Gasteiger partial charge in [0.05, 0.1) is 26.4 Å². The molecule has 7 heteroatoms. The Morgan fingerprint density at radius 2 is 1.20 bits per heavy atom. The van der Waals surface area contributed by atoms with Crippen LogP contribution in [0.15, 0.2) is 91.0 Å². The summed E-state index contributed by atoms with van der Waals surface area (Å²) in [6, 6.07) is 27.4. The molecule has 0 bridgehead atoms. The Balaban J connectivity index is 1.26. The van der Waals surface area contributed by atoms with Crippen molar-refractivity contribution >= 4 is 28.2 Å². The number of nitrogens with zero attached hydrogens (tertiary/aromatic N) is 2. The Bertz CT molecular complexity index is 2080. The summed E-state index contributed by atoms with van der Waals surface area (Å²) in [5.74, 6) is 0.0800. The van der Waals surface area contributed by atoms with Crippen LogP contribution in [0.5, 0.6) is 5.75 Å². The largest absolute Gasteiger partial charge is 0.472 e. The highest BCUT2D eigenvalue weighted by Gasteiger charge is 2.47. The first-order valence-corrected chi connectivity index (χ1v) is 18.3. The third-order valence-corrected chi connectivity index (χ3v) is 11.8. The van der Waals surface area contributed by atoms with Crippen molar-refractivity contribution < 1.29 is 23.0 Å². The van der Waals surface area contributed by atoms with Crippen molar-refractivity contribution in [2.24, 2.45) is 0 Å². The third-order valence-electron chi connectivity index (χ3n) is 11.8. The maximum Gasteiger partial charge on any atom is 0.178 e. The van der Waals surface area contributed by atoms with E-state index in [9.17, 15) is 4.39 Å². The van der Waals surface area contributed by atoms with Crippen molar-refractivity contribution in [2.45, 2.75) is 37.7 Å². The maximum atomic E-state index is 15.3. The predicted octanol–water partition coefficient (Wildman–Crippen LogP) is 9.23.